The van der Waals surface area contributed by atoms with Crippen LogP contribution in [0.4, 0.5) is 0 Å². The summed E-state index contributed by atoms with van der Waals surface area (Å²) in [6.45, 7) is 13.7. The third-order valence-electron chi connectivity index (χ3n) is 3.52. The van der Waals surface area contributed by atoms with Crippen LogP contribution in [0.1, 0.15) is 54.4 Å². The van der Waals surface area contributed by atoms with Crippen molar-refractivity contribution in [2.45, 2.75) is 60.5 Å². The minimum Gasteiger partial charge on any atom is -0.494 e. The van der Waals surface area contributed by atoms with E-state index in [9.17, 15) is 0 Å². The number of hydrogen-bond donors (Lipinski definition) is 0. The summed E-state index contributed by atoms with van der Waals surface area (Å²) < 4.78 is 6.14. The zero-order chi connectivity index (χ0) is 11.4. The van der Waals surface area contributed by atoms with Gasteiger partial charge in [0, 0.05) is 5.41 Å². The first-order valence-corrected chi connectivity index (χ1v) is 6.11. The molecule has 1 nitrogen and oxygen atoms in total. The highest BCUT2D eigenvalue weighted by Gasteiger charge is 2.46. The van der Waals surface area contributed by atoms with Crippen molar-refractivity contribution >= 4 is 0 Å². The summed E-state index contributed by atoms with van der Waals surface area (Å²) >= 11 is 0. The average molecular weight is 208 g/mol. The number of rotatable bonds is 0. The predicted molar refractivity (Wildman–Crippen MR) is 63.5 cm³/mol. The molecule has 1 saturated carbocycles. The standard InChI is InChI=1S/C14H24O/c1-13(2,3)11-9-7-10(8-9)15-12(11)14(4,5)6/h9-10H,7-8H2,1-6H3. The Kier molecular flexibility index (Phi) is 2.22. The molecule has 0 unspecified atom stereocenters. The molecule has 0 spiro atoms. The van der Waals surface area contributed by atoms with Gasteiger partial charge in [-0.3, -0.25) is 0 Å². The highest BCUT2D eigenvalue weighted by Crippen LogP contribution is 2.53. The third-order valence-corrected chi connectivity index (χ3v) is 3.52. The number of fused-ring (bicyclic) bond motifs is 1. The fourth-order valence-electron chi connectivity index (χ4n) is 2.85. The van der Waals surface area contributed by atoms with Gasteiger partial charge in [0.1, 0.15) is 5.76 Å². The van der Waals surface area contributed by atoms with E-state index in [1.54, 1.807) is 5.57 Å². The summed E-state index contributed by atoms with van der Waals surface area (Å²) in [4.78, 5) is 0. The molecule has 0 radical (unpaired) electrons. The number of hydrogen-bond acceptors (Lipinski definition) is 1. The van der Waals surface area contributed by atoms with Crippen molar-refractivity contribution in [2.75, 3.05) is 0 Å². The number of ether oxygens (including phenoxy) is 1. The first-order chi connectivity index (χ1) is 6.69. The second-order valence-electron chi connectivity index (χ2n) is 7.15. The zero-order valence-electron chi connectivity index (χ0n) is 11.0. The molecular weight excluding hydrogens is 184 g/mol. The lowest BCUT2D eigenvalue weighted by Crippen LogP contribution is -2.44. The highest BCUT2D eigenvalue weighted by molar-refractivity contribution is 5.29. The zero-order valence-corrected chi connectivity index (χ0v) is 11.0. The molecule has 2 heterocycles. The molecule has 0 aromatic rings. The van der Waals surface area contributed by atoms with Crippen molar-refractivity contribution in [3.05, 3.63) is 11.3 Å². The van der Waals surface area contributed by atoms with Gasteiger partial charge in [0.15, 0.2) is 0 Å². The molecule has 1 heteroatoms. The van der Waals surface area contributed by atoms with E-state index in [0.717, 1.165) is 5.92 Å². The van der Waals surface area contributed by atoms with E-state index < -0.39 is 0 Å². The third kappa shape index (κ3) is 1.81. The molecule has 0 aromatic heterocycles. The molecule has 0 saturated heterocycles. The molecule has 3 aliphatic rings. The average Bonchev–Trinajstić information content (AvgIpc) is 1.98. The molecule has 86 valence electrons. The first-order valence-electron chi connectivity index (χ1n) is 6.11. The monoisotopic (exact) mass is 208 g/mol. The molecule has 1 aliphatic carbocycles. The predicted octanol–water partition coefficient (Wildman–Crippen LogP) is 4.14. The van der Waals surface area contributed by atoms with Gasteiger partial charge < -0.3 is 4.74 Å². The van der Waals surface area contributed by atoms with Crippen LogP contribution >= 0.6 is 0 Å². The lowest BCUT2D eigenvalue weighted by Gasteiger charge is -2.50. The van der Waals surface area contributed by atoms with Gasteiger partial charge in [-0.2, -0.15) is 0 Å². The lowest BCUT2D eigenvalue weighted by molar-refractivity contribution is -0.0425. The van der Waals surface area contributed by atoms with Crippen molar-refractivity contribution in [3.8, 4) is 0 Å². The van der Waals surface area contributed by atoms with Gasteiger partial charge in [-0.15, -0.1) is 0 Å². The molecule has 2 aliphatic heterocycles. The Balaban J connectivity index is 2.45. The molecule has 0 N–H and O–H groups in total. The Morgan fingerprint density at radius 1 is 0.933 bits per heavy atom. The smallest absolute Gasteiger partial charge is 0.102 e. The molecule has 0 aromatic carbocycles. The van der Waals surface area contributed by atoms with E-state index in [2.05, 4.69) is 41.5 Å². The van der Waals surface area contributed by atoms with Crippen LogP contribution in [0, 0.1) is 16.7 Å². The second-order valence-corrected chi connectivity index (χ2v) is 7.15. The van der Waals surface area contributed by atoms with Crippen LogP contribution < -0.4 is 0 Å². The lowest BCUT2D eigenvalue weighted by atomic mass is 9.64. The molecule has 0 atom stereocenters. The normalized spacial score (nSPS) is 31.1. The van der Waals surface area contributed by atoms with Gasteiger partial charge in [0.2, 0.25) is 0 Å². The Hall–Kier alpha value is -0.460. The summed E-state index contributed by atoms with van der Waals surface area (Å²) in [5.74, 6) is 2.08. The fraction of sp³-hybridized carbons (Fsp3) is 0.857. The summed E-state index contributed by atoms with van der Waals surface area (Å²) in [6, 6.07) is 0. The quantitative estimate of drug-likeness (QED) is 0.581. The summed E-state index contributed by atoms with van der Waals surface area (Å²) in [7, 11) is 0. The van der Waals surface area contributed by atoms with E-state index >= 15 is 0 Å². The van der Waals surface area contributed by atoms with Crippen molar-refractivity contribution in [1.82, 2.24) is 0 Å². The molecular formula is C14H24O. The molecule has 3 rings (SSSR count). The highest BCUT2D eigenvalue weighted by atomic mass is 16.5. The molecule has 0 amide bonds. The summed E-state index contributed by atoms with van der Waals surface area (Å²) in [6.07, 6.45) is 3.04. The van der Waals surface area contributed by atoms with Crippen LogP contribution in [0.5, 0.6) is 0 Å². The van der Waals surface area contributed by atoms with Crippen molar-refractivity contribution in [2.24, 2.45) is 16.7 Å². The molecule has 15 heavy (non-hydrogen) atoms. The van der Waals surface area contributed by atoms with Crippen LogP contribution in [0.15, 0.2) is 11.3 Å². The maximum Gasteiger partial charge on any atom is 0.102 e. The van der Waals surface area contributed by atoms with Gasteiger partial charge in [0.25, 0.3) is 0 Å². The largest absolute Gasteiger partial charge is 0.494 e. The number of allylic oxidation sites excluding steroid dienone is 2. The first kappa shape index (κ1) is 11.0. The topological polar surface area (TPSA) is 9.23 Å². The van der Waals surface area contributed by atoms with Crippen molar-refractivity contribution < 1.29 is 4.74 Å². The van der Waals surface area contributed by atoms with Gasteiger partial charge in [0.05, 0.1) is 6.10 Å². The van der Waals surface area contributed by atoms with E-state index in [4.69, 9.17) is 4.74 Å². The summed E-state index contributed by atoms with van der Waals surface area (Å²) in [5.41, 5.74) is 2.01. The van der Waals surface area contributed by atoms with Gasteiger partial charge in [-0.25, -0.2) is 0 Å². The van der Waals surface area contributed by atoms with E-state index in [1.165, 1.54) is 18.6 Å². The van der Waals surface area contributed by atoms with Crippen LogP contribution in [0.25, 0.3) is 0 Å². The Morgan fingerprint density at radius 3 is 1.80 bits per heavy atom. The minimum atomic E-state index is 0.167. The van der Waals surface area contributed by atoms with Crippen LogP contribution in [-0.2, 0) is 4.74 Å². The van der Waals surface area contributed by atoms with E-state index in [0.29, 0.717) is 6.10 Å². The SMILES string of the molecule is CC(C)(C)C1=C(C(C)(C)C)C2CC(C2)O1. The Bertz CT molecular complexity index is 292. The van der Waals surface area contributed by atoms with Gasteiger partial charge in [-0.05, 0) is 29.7 Å². The molecule has 1 fully saturated rings. The Morgan fingerprint density at radius 2 is 1.47 bits per heavy atom. The summed E-state index contributed by atoms with van der Waals surface area (Å²) in [5, 5.41) is 0. The fourth-order valence-corrected chi connectivity index (χ4v) is 2.85. The van der Waals surface area contributed by atoms with Crippen molar-refractivity contribution in [3.63, 3.8) is 0 Å². The Labute approximate surface area is 93.9 Å². The van der Waals surface area contributed by atoms with Gasteiger partial charge in [-0.1, -0.05) is 41.5 Å². The van der Waals surface area contributed by atoms with E-state index in [1.807, 2.05) is 0 Å². The molecule has 2 bridgehead atoms. The van der Waals surface area contributed by atoms with Gasteiger partial charge >= 0.3 is 0 Å². The van der Waals surface area contributed by atoms with Crippen molar-refractivity contribution in [1.29, 1.82) is 0 Å². The van der Waals surface area contributed by atoms with Crippen LogP contribution in [0.2, 0.25) is 0 Å². The maximum absolute atomic E-state index is 6.14. The van der Waals surface area contributed by atoms with Crippen LogP contribution in [0.3, 0.4) is 0 Å². The maximum atomic E-state index is 6.14. The van der Waals surface area contributed by atoms with E-state index in [-0.39, 0.29) is 10.8 Å². The minimum absolute atomic E-state index is 0.167. The second kappa shape index (κ2) is 3.02. The van der Waals surface area contributed by atoms with Crippen LogP contribution in [-0.4, -0.2) is 6.10 Å².